The summed E-state index contributed by atoms with van der Waals surface area (Å²) in [6, 6.07) is 0. The van der Waals surface area contributed by atoms with Crippen molar-refractivity contribution in [1.82, 2.24) is 0 Å². The molecule has 5 heteroatoms. The molecule has 0 aromatic heterocycles. The Kier molecular flexibility index (Phi) is 12.9. The summed E-state index contributed by atoms with van der Waals surface area (Å²) in [5.74, 6) is 0. The lowest BCUT2D eigenvalue weighted by Crippen LogP contribution is -2.43. The Bertz CT molecular complexity index is 724. The minimum atomic E-state index is -1.06. The maximum atomic E-state index is 10.7. The van der Waals surface area contributed by atoms with Gasteiger partial charge in [-0.25, -0.2) is 0 Å². The lowest BCUT2D eigenvalue weighted by atomic mass is 9.89. The SMILES string of the molecule is CC(C)=CCC[C@](C)(O)[C@H](O)CC/C(C)=C/CC/C=C(\C)CC[C@@H](O)[C@]1(C)CC[C@H](C(C)(C)O)O1. The van der Waals surface area contributed by atoms with Crippen LogP contribution in [0, 0.1) is 0 Å². The molecule has 35 heavy (non-hydrogen) atoms. The zero-order valence-corrected chi connectivity index (χ0v) is 23.7. The second-order valence-corrected chi connectivity index (χ2v) is 12.1. The zero-order valence-electron chi connectivity index (χ0n) is 23.7. The van der Waals surface area contributed by atoms with Crippen LogP contribution in [0.4, 0.5) is 0 Å². The Morgan fingerprint density at radius 1 is 0.914 bits per heavy atom. The minimum absolute atomic E-state index is 0.233. The summed E-state index contributed by atoms with van der Waals surface area (Å²) in [5.41, 5.74) is 1.18. The fourth-order valence-electron chi connectivity index (χ4n) is 4.63. The third-order valence-corrected chi connectivity index (χ3v) is 7.50. The van der Waals surface area contributed by atoms with Gasteiger partial charge in [0.05, 0.1) is 35.1 Å². The lowest BCUT2D eigenvalue weighted by molar-refractivity contribution is -0.153. The van der Waals surface area contributed by atoms with Crippen molar-refractivity contribution < 1.29 is 25.2 Å². The summed E-state index contributed by atoms with van der Waals surface area (Å²) < 4.78 is 6.06. The van der Waals surface area contributed by atoms with E-state index in [1.165, 1.54) is 16.7 Å². The summed E-state index contributed by atoms with van der Waals surface area (Å²) in [7, 11) is 0. The van der Waals surface area contributed by atoms with Crippen molar-refractivity contribution in [1.29, 1.82) is 0 Å². The molecule has 0 spiro atoms. The maximum Gasteiger partial charge on any atom is 0.0918 e. The van der Waals surface area contributed by atoms with Gasteiger partial charge >= 0.3 is 0 Å². The Balaban J connectivity index is 2.36. The Labute approximate surface area is 215 Å². The van der Waals surface area contributed by atoms with Crippen LogP contribution >= 0.6 is 0 Å². The van der Waals surface area contributed by atoms with Crippen LogP contribution in [0.15, 0.2) is 34.9 Å². The average molecular weight is 495 g/mol. The molecule has 0 bridgehead atoms. The fraction of sp³-hybridized carbons (Fsp3) is 0.800. The summed E-state index contributed by atoms with van der Waals surface area (Å²) >= 11 is 0. The van der Waals surface area contributed by atoms with Crippen LogP contribution in [0.5, 0.6) is 0 Å². The molecule has 1 aliphatic rings. The molecule has 5 nitrogen and oxygen atoms in total. The van der Waals surface area contributed by atoms with E-state index >= 15 is 0 Å². The molecule has 1 fully saturated rings. The van der Waals surface area contributed by atoms with E-state index in [-0.39, 0.29) is 6.10 Å². The van der Waals surface area contributed by atoms with E-state index in [4.69, 9.17) is 4.74 Å². The van der Waals surface area contributed by atoms with Crippen LogP contribution in [0.25, 0.3) is 0 Å². The smallest absolute Gasteiger partial charge is 0.0918 e. The molecule has 1 aliphatic heterocycles. The van der Waals surface area contributed by atoms with E-state index in [0.29, 0.717) is 19.3 Å². The third kappa shape index (κ3) is 11.7. The molecule has 0 aliphatic carbocycles. The monoisotopic (exact) mass is 494 g/mol. The van der Waals surface area contributed by atoms with Crippen molar-refractivity contribution in [3.05, 3.63) is 34.9 Å². The van der Waals surface area contributed by atoms with Gasteiger partial charge in [0.15, 0.2) is 0 Å². The Hall–Kier alpha value is -0.980. The second-order valence-electron chi connectivity index (χ2n) is 12.1. The van der Waals surface area contributed by atoms with Crippen LogP contribution < -0.4 is 0 Å². The standard InChI is InChI=1S/C30H54O5/c1-22(2)12-11-20-29(7,34)25(31)17-15-23(3)13-9-10-14-24(4)16-18-26(32)30(8)21-19-27(35-30)28(5,6)33/h12-14,25-27,31-34H,9-11,15-21H2,1-8H3/b23-13+,24-14+/t25-,26-,27-,29+,30+/m1/s1. The Morgan fingerprint density at radius 3 is 1.94 bits per heavy atom. The van der Waals surface area contributed by atoms with Gasteiger partial charge in [0.25, 0.3) is 0 Å². The molecule has 0 aromatic rings. The van der Waals surface area contributed by atoms with Crippen molar-refractivity contribution in [2.75, 3.05) is 0 Å². The number of hydrogen-bond acceptors (Lipinski definition) is 5. The van der Waals surface area contributed by atoms with Crippen LogP contribution in [0.2, 0.25) is 0 Å². The highest BCUT2D eigenvalue weighted by atomic mass is 16.5. The van der Waals surface area contributed by atoms with Crippen molar-refractivity contribution in [3.63, 3.8) is 0 Å². The largest absolute Gasteiger partial charge is 0.390 e. The molecule has 0 amide bonds. The van der Waals surface area contributed by atoms with E-state index in [1.807, 2.05) is 20.8 Å². The van der Waals surface area contributed by atoms with Gasteiger partial charge in [-0.2, -0.15) is 0 Å². The number of rotatable bonds is 15. The number of allylic oxidation sites excluding steroid dienone is 6. The molecule has 204 valence electrons. The molecule has 1 rings (SSSR count). The molecule has 0 saturated carbocycles. The number of ether oxygens (including phenoxy) is 1. The van der Waals surface area contributed by atoms with Crippen LogP contribution in [-0.2, 0) is 4.74 Å². The predicted octanol–water partition coefficient (Wildman–Crippen LogP) is 6.15. The van der Waals surface area contributed by atoms with Crippen molar-refractivity contribution in [3.8, 4) is 0 Å². The number of aliphatic hydroxyl groups excluding tert-OH is 2. The fourth-order valence-corrected chi connectivity index (χ4v) is 4.63. The third-order valence-electron chi connectivity index (χ3n) is 7.50. The van der Waals surface area contributed by atoms with E-state index in [1.54, 1.807) is 20.8 Å². The topological polar surface area (TPSA) is 90.2 Å². The first-order chi connectivity index (χ1) is 16.1. The van der Waals surface area contributed by atoms with Crippen molar-refractivity contribution >= 4 is 0 Å². The van der Waals surface area contributed by atoms with E-state index in [2.05, 4.69) is 32.1 Å². The Morgan fingerprint density at radius 2 is 1.46 bits per heavy atom. The van der Waals surface area contributed by atoms with Crippen molar-refractivity contribution in [2.45, 2.75) is 155 Å². The van der Waals surface area contributed by atoms with Gasteiger partial charge in [0.1, 0.15) is 0 Å². The first-order valence-electron chi connectivity index (χ1n) is 13.5. The highest BCUT2D eigenvalue weighted by molar-refractivity contribution is 5.04. The van der Waals surface area contributed by atoms with Gasteiger partial charge in [-0.1, -0.05) is 34.9 Å². The normalized spacial score (nSPS) is 25.3. The van der Waals surface area contributed by atoms with Gasteiger partial charge < -0.3 is 25.2 Å². The van der Waals surface area contributed by atoms with Gasteiger partial charge in [0.2, 0.25) is 0 Å². The van der Waals surface area contributed by atoms with E-state index < -0.39 is 29.0 Å². The molecular formula is C30H54O5. The molecule has 1 heterocycles. The van der Waals surface area contributed by atoms with Crippen LogP contribution in [0.1, 0.15) is 120 Å². The van der Waals surface area contributed by atoms with E-state index in [9.17, 15) is 20.4 Å². The second kappa shape index (κ2) is 14.1. The van der Waals surface area contributed by atoms with Crippen LogP contribution in [0.3, 0.4) is 0 Å². The van der Waals surface area contributed by atoms with Crippen LogP contribution in [-0.4, -0.2) is 55.5 Å². The summed E-state index contributed by atoms with van der Waals surface area (Å²) in [4.78, 5) is 0. The number of hydrogen-bond donors (Lipinski definition) is 4. The molecule has 5 atom stereocenters. The molecule has 0 radical (unpaired) electrons. The van der Waals surface area contributed by atoms with Crippen molar-refractivity contribution in [2.24, 2.45) is 0 Å². The quantitative estimate of drug-likeness (QED) is 0.162. The van der Waals surface area contributed by atoms with Gasteiger partial charge in [-0.15, -0.1) is 0 Å². The summed E-state index contributed by atoms with van der Waals surface area (Å²) in [5, 5.41) is 41.9. The summed E-state index contributed by atoms with van der Waals surface area (Å²) in [6.45, 7) is 15.5. The van der Waals surface area contributed by atoms with Gasteiger partial charge in [0, 0.05) is 0 Å². The first-order valence-corrected chi connectivity index (χ1v) is 13.5. The van der Waals surface area contributed by atoms with Gasteiger partial charge in [-0.3, -0.25) is 0 Å². The molecule has 1 saturated heterocycles. The average Bonchev–Trinajstić information content (AvgIpc) is 3.16. The minimum Gasteiger partial charge on any atom is -0.390 e. The maximum absolute atomic E-state index is 10.7. The molecule has 0 unspecified atom stereocenters. The molecular weight excluding hydrogens is 440 g/mol. The number of aliphatic hydroxyl groups is 4. The van der Waals surface area contributed by atoms with Gasteiger partial charge in [-0.05, 0) is 120 Å². The highest BCUT2D eigenvalue weighted by Gasteiger charge is 2.46. The molecule has 0 aromatic carbocycles. The number of unbranched alkanes of at least 4 members (excludes halogenated alkanes) is 1. The van der Waals surface area contributed by atoms with E-state index in [0.717, 1.165) is 44.9 Å². The molecule has 4 N–H and O–H groups in total. The first kappa shape index (κ1) is 32.0. The lowest BCUT2D eigenvalue weighted by Gasteiger charge is -2.33. The highest BCUT2D eigenvalue weighted by Crippen LogP contribution is 2.38. The summed E-state index contributed by atoms with van der Waals surface area (Å²) in [6.07, 6.45) is 12.6. The zero-order chi connectivity index (χ0) is 26.9. The predicted molar refractivity (Wildman–Crippen MR) is 145 cm³/mol.